The van der Waals surface area contributed by atoms with Gasteiger partial charge in [-0.3, -0.25) is 9.59 Å². The largest absolute Gasteiger partial charge is 0.462 e. The van der Waals surface area contributed by atoms with Crippen LogP contribution in [0.3, 0.4) is 0 Å². The Morgan fingerprint density at radius 2 is 2.00 bits per heavy atom. The summed E-state index contributed by atoms with van der Waals surface area (Å²) in [6.07, 6.45) is 4.66. The molecule has 26 heavy (non-hydrogen) atoms. The van der Waals surface area contributed by atoms with E-state index in [9.17, 15) is 14.4 Å². The molecule has 1 aliphatic rings. The van der Waals surface area contributed by atoms with Gasteiger partial charge in [-0.1, -0.05) is 20.3 Å². The molecule has 6 nitrogen and oxygen atoms in total. The first kappa shape index (κ1) is 20.4. The molecule has 1 unspecified atom stereocenters. The molecule has 0 saturated heterocycles. The molecule has 1 amide bonds. The second-order valence-corrected chi connectivity index (χ2v) is 7.69. The third-order valence-corrected chi connectivity index (χ3v) is 5.51. The van der Waals surface area contributed by atoms with Crippen LogP contribution in [0.1, 0.15) is 67.3 Å². The van der Waals surface area contributed by atoms with Crippen molar-refractivity contribution in [3.8, 4) is 0 Å². The van der Waals surface area contributed by atoms with Crippen LogP contribution >= 0.6 is 11.3 Å². The minimum absolute atomic E-state index is 0.280. The summed E-state index contributed by atoms with van der Waals surface area (Å²) < 4.78 is 10.2. The molecule has 1 aromatic rings. The standard InChI is InChI=1S/C19H27NO5S/c1-4-6-7-16(22)25-11-15(21)20-18-17(19(23)24-5-2)13-9-8-12(3)10-14(13)26-18/h12H,4-11H2,1-3H3,(H,20,21). The number of amides is 1. The molecule has 0 fully saturated rings. The molecule has 7 heteroatoms. The molecular formula is C19H27NO5S. The van der Waals surface area contributed by atoms with Gasteiger partial charge in [0.25, 0.3) is 5.91 Å². The van der Waals surface area contributed by atoms with Gasteiger partial charge < -0.3 is 14.8 Å². The SMILES string of the molecule is CCCCC(=O)OCC(=O)Nc1sc2c(c1C(=O)OCC)CCC(C)C2. The molecule has 0 saturated carbocycles. The lowest BCUT2D eigenvalue weighted by Crippen LogP contribution is -2.22. The van der Waals surface area contributed by atoms with E-state index >= 15 is 0 Å². The number of rotatable bonds is 8. The first-order valence-electron chi connectivity index (χ1n) is 9.23. The Morgan fingerprint density at radius 3 is 2.69 bits per heavy atom. The highest BCUT2D eigenvalue weighted by molar-refractivity contribution is 7.17. The molecule has 1 heterocycles. The fourth-order valence-electron chi connectivity index (χ4n) is 2.96. The summed E-state index contributed by atoms with van der Waals surface area (Å²) in [4.78, 5) is 37.2. The number of carbonyl (C=O) groups excluding carboxylic acids is 3. The maximum Gasteiger partial charge on any atom is 0.341 e. The van der Waals surface area contributed by atoms with Gasteiger partial charge in [0.15, 0.2) is 6.61 Å². The number of thiophene rings is 1. The van der Waals surface area contributed by atoms with E-state index in [-0.39, 0.29) is 19.2 Å². The molecule has 0 aromatic carbocycles. The minimum Gasteiger partial charge on any atom is -0.462 e. The highest BCUT2D eigenvalue weighted by Gasteiger charge is 2.29. The van der Waals surface area contributed by atoms with Crippen molar-refractivity contribution in [1.29, 1.82) is 0 Å². The van der Waals surface area contributed by atoms with Crippen LogP contribution in [-0.2, 0) is 31.9 Å². The Morgan fingerprint density at radius 1 is 1.23 bits per heavy atom. The topological polar surface area (TPSA) is 81.7 Å². The number of hydrogen-bond acceptors (Lipinski definition) is 6. The van der Waals surface area contributed by atoms with E-state index in [1.807, 2.05) is 6.92 Å². The van der Waals surface area contributed by atoms with Gasteiger partial charge in [-0.05, 0) is 44.1 Å². The summed E-state index contributed by atoms with van der Waals surface area (Å²) in [7, 11) is 0. The average molecular weight is 381 g/mol. The zero-order valence-corrected chi connectivity index (χ0v) is 16.5. The molecule has 0 radical (unpaired) electrons. The van der Waals surface area contributed by atoms with Gasteiger partial charge >= 0.3 is 11.9 Å². The van der Waals surface area contributed by atoms with Crippen LogP contribution in [0.2, 0.25) is 0 Å². The molecule has 0 bridgehead atoms. The zero-order valence-electron chi connectivity index (χ0n) is 15.7. The lowest BCUT2D eigenvalue weighted by molar-refractivity contribution is -0.147. The predicted molar refractivity (Wildman–Crippen MR) is 101 cm³/mol. The van der Waals surface area contributed by atoms with Crippen molar-refractivity contribution in [3.05, 3.63) is 16.0 Å². The molecule has 1 aliphatic carbocycles. The number of anilines is 1. The zero-order chi connectivity index (χ0) is 19.1. The number of hydrogen-bond donors (Lipinski definition) is 1. The maximum atomic E-state index is 12.4. The third-order valence-electron chi connectivity index (χ3n) is 4.34. The number of nitrogens with one attached hydrogen (secondary N) is 1. The van der Waals surface area contributed by atoms with Gasteiger partial charge in [-0.2, -0.15) is 0 Å². The van der Waals surface area contributed by atoms with Crippen molar-refractivity contribution in [1.82, 2.24) is 0 Å². The first-order valence-corrected chi connectivity index (χ1v) is 10.0. The summed E-state index contributed by atoms with van der Waals surface area (Å²) in [6.45, 7) is 5.86. The molecule has 0 spiro atoms. The van der Waals surface area contributed by atoms with E-state index in [0.29, 0.717) is 22.9 Å². The van der Waals surface area contributed by atoms with E-state index in [1.165, 1.54) is 11.3 Å². The number of esters is 2. The summed E-state index contributed by atoms with van der Waals surface area (Å²) in [5.41, 5.74) is 1.45. The van der Waals surface area contributed by atoms with Crippen molar-refractivity contribution in [3.63, 3.8) is 0 Å². The molecular weight excluding hydrogens is 354 g/mol. The van der Waals surface area contributed by atoms with Crippen molar-refractivity contribution >= 4 is 34.2 Å². The second-order valence-electron chi connectivity index (χ2n) is 6.59. The van der Waals surface area contributed by atoms with Crippen molar-refractivity contribution in [2.24, 2.45) is 5.92 Å². The highest BCUT2D eigenvalue weighted by Crippen LogP contribution is 2.40. The van der Waals surface area contributed by atoms with Gasteiger partial charge in [0.2, 0.25) is 0 Å². The fourth-order valence-corrected chi connectivity index (χ4v) is 4.38. The quantitative estimate of drug-likeness (QED) is 0.694. The lowest BCUT2D eigenvalue weighted by atomic mass is 9.88. The van der Waals surface area contributed by atoms with Crippen LogP contribution in [0.4, 0.5) is 5.00 Å². The Balaban J connectivity index is 2.09. The van der Waals surface area contributed by atoms with Gasteiger partial charge in [0, 0.05) is 11.3 Å². The molecule has 1 N–H and O–H groups in total. The summed E-state index contributed by atoms with van der Waals surface area (Å²) >= 11 is 1.42. The van der Waals surface area contributed by atoms with E-state index in [1.54, 1.807) is 6.92 Å². The predicted octanol–water partition coefficient (Wildman–Crippen LogP) is 3.72. The van der Waals surface area contributed by atoms with Crippen molar-refractivity contribution in [2.45, 2.75) is 59.3 Å². The number of carbonyl (C=O) groups is 3. The first-order chi connectivity index (χ1) is 12.5. The van der Waals surface area contributed by atoms with Crippen LogP contribution < -0.4 is 5.32 Å². The van der Waals surface area contributed by atoms with E-state index in [4.69, 9.17) is 9.47 Å². The van der Waals surface area contributed by atoms with Crippen LogP contribution in [0.15, 0.2) is 0 Å². The highest BCUT2D eigenvalue weighted by atomic mass is 32.1. The number of ether oxygens (including phenoxy) is 2. The van der Waals surface area contributed by atoms with Crippen LogP contribution in [0.5, 0.6) is 0 Å². The van der Waals surface area contributed by atoms with E-state index in [0.717, 1.165) is 42.5 Å². The summed E-state index contributed by atoms with van der Waals surface area (Å²) in [6, 6.07) is 0. The Hall–Kier alpha value is -1.89. The monoisotopic (exact) mass is 381 g/mol. The summed E-state index contributed by atoms with van der Waals surface area (Å²) in [5, 5.41) is 3.23. The maximum absolute atomic E-state index is 12.4. The second kappa shape index (κ2) is 9.71. The Kier molecular flexibility index (Phi) is 7.63. The number of unbranched alkanes of at least 4 members (excludes halogenated alkanes) is 1. The van der Waals surface area contributed by atoms with Crippen molar-refractivity contribution in [2.75, 3.05) is 18.5 Å². The molecule has 1 atom stereocenters. The molecule has 2 rings (SSSR count). The van der Waals surface area contributed by atoms with Gasteiger partial charge in [0.05, 0.1) is 12.2 Å². The van der Waals surface area contributed by atoms with E-state index < -0.39 is 11.9 Å². The Labute approximate surface area is 158 Å². The van der Waals surface area contributed by atoms with E-state index in [2.05, 4.69) is 12.2 Å². The number of fused-ring (bicyclic) bond motifs is 1. The van der Waals surface area contributed by atoms with Crippen LogP contribution in [-0.4, -0.2) is 31.1 Å². The van der Waals surface area contributed by atoms with Gasteiger partial charge in [0.1, 0.15) is 5.00 Å². The molecule has 0 aliphatic heterocycles. The van der Waals surface area contributed by atoms with Crippen LogP contribution in [0, 0.1) is 5.92 Å². The normalized spacial score (nSPS) is 15.9. The van der Waals surface area contributed by atoms with Crippen molar-refractivity contribution < 1.29 is 23.9 Å². The lowest BCUT2D eigenvalue weighted by Gasteiger charge is -2.18. The minimum atomic E-state index is -0.438. The van der Waals surface area contributed by atoms with Crippen LogP contribution in [0.25, 0.3) is 0 Å². The molecule has 1 aromatic heterocycles. The van der Waals surface area contributed by atoms with Gasteiger partial charge in [-0.25, -0.2) is 4.79 Å². The van der Waals surface area contributed by atoms with Gasteiger partial charge in [-0.15, -0.1) is 11.3 Å². The average Bonchev–Trinajstić information content (AvgIpc) is 2.95. The fraction of sp³-hybridized carbons (Fsp3) is 0.632. The third kappa shape index (κ3) is 5.30. The summed E-state index contributed by atoms with van der Waals surface area (Å²) in [5.74, 6) is -0.673. The Bertz CT molecular complexity index is 667. The smallest absolute Gasteiger partial charge is 0.341 e. The molecule has 144 valence electrons.